The summed E-state index contributed by atoms with van der Waals surface area (Å²) in [5.41, 5.74) is 0.483. The summed E-state index contributed by atoms with van der Waals surface area (Å²) in [6.07, 6.45) is -1.76. The molecule has 0 aromatic heterocycles. The summed E-state index contributed by atoms with van der Waals surface area (Å²) < 4.78 is 16.2. The molecule has 10 nitrogen and oxygen atoms in total. The van der Waals surface area contributed by atoms with E-state index in [0.717, 1.165) is 16.9 Å². The van der Waals surface area contributed by atoms with Gasteiger partial charge in [0.15, 0.2) is 0 Å². The van der Waals surface area contributed by atoms with E-state index >= 15 is 0 Å². The normalized spacial score (nSPS) is 12.9. The molecule has 1 atom stereocenters. The highest BCUT2D eigenvalue weighted by Crippen LogP contribution is 2.22. The van der Waals surface area contributed by atoms with E-state index < -0.39 is 23.4 Å². The minimum Gasteiger partial charge on any atom is -0.491 e. The van der Waals surface area contributed by atoms with Gasteiger partial charge in [0.2, 0.25) is 11.9 Å². The number of benzene rings is 1. The largest absolute Gasteiger partial charge is 0.491 e. The number of rotatable bonds is 6. The Hall–Kier alpha value is -3.30. The van der Waals surface area contributed by atoms with E-state index in [9.17, 15) is 14.4 Å². The van der Waals surface area contributed by atoms with Crippen LogP contribution in [0, 0.1) is 13.8 Å². The van der Waals surface area contributed by atoms with E-state index in [-0.39, 0.29) is 31.1 Å². The molecule has 0 heterocycles. The number of alkyl carbamates (subject to hydrolysis) is 1. The second kappa shape index (κ2) is 12.2. The van der Waals surface area contributed by atoms with Gasteiger partial charge in [-0.25, -0.2) is 9.59 Å². The van der Waals surface area contributed by atoms with Gasteiger partial charge in [0.1, 0.15) is 23.6 Å². The third-order valence-electron chi connectivity index (χ3n) is 3.93. The highest BCUT2D eigenvalue weighted by Gasteiger charge is 2.21. The molecule has 0 aliphatic carbocycles. The first-order chi connectivity index (χ1) is 15.6. The maximum absolute atomic E-state index is 12.4. The van der Waals surface area contributed by atoms with Gasteiger partial charge in [0.05, 0.1) is 12.6 Å². The molecule has 0 bridgehead atoms. The SMILES string of the molecule is Cc1cccc(C)c1OCC(C)NC(=O)CN/C(=N/C(=O)OC(C)(C)C)NC(=O)OC(C)(C)C. The van der Waals surface area contributed by atoms with Crippen LogP contribution in [-0.2, 0) is 14.3 Å². The van der Waals surface area contributed by atoms with Gasteiger partial charge in [-0.05, 0) is 73.4 Å². The fourth-order valence-electron chi connectivity index (χ4n) is 2.65. The quantitative estimate of drug-likeness (QED) is 0.421. The Balaban J connectivity index is 2.71. The Morgan fingerprint density at radius 3 is 2.06 bits per heavy atom. The van der Waals surface area contributed by atoms with Crippen molar-refractivity contribution in [2.75, 3.05) is 13.2 Å². The van der Waals surface area contributed by atoms with Crippen LogP contribution in [-0.4, -0.2) is 54.4 Å². The van der Waals surface area contributed by atoms with Crippen molar-refractivity contribution in [1.29, 1.82) is 0 Å². The Morgan fingerprint density at radius 1 is 0.971 bits per heavy atom. The second-order valence-electron chi connectivity index (χ2n) is 9.92. The van der Waals surface area contributed by atoms with E-state index in [2.05, 4.69) is 20.9 Å². The van der Waals surface area contributed by atoms with E-state index in [1.54, 1.807) is 48.5 Å². The lowest BCUT2D eigenvalue weighted by Crippen LogP contribution is -2.48. The molecule has 1 unspecified atom stereocenters. The fraction of sp³-hybridized carbons (Fsp3) is 0.583. The molecule has 190 valence electrons. The summed E-state index contributed by atoms with van der Waals surface area (Å²) in [4.78, 5) is 40.3. The van der Waals surface area contributed by atoms with Crippen molar-refractivity contribution in [3.8, 4) is 5.75 Å². The molecule has 3 N–H and O–H groups in total. The number of para-hydroxylation sites is 1. The third kappa shape index (κ3) is 12.1. The predicted octanol–water partition coefficient (Wildman–Crippen LogP) is 3.59. The molecule has 10 heteroatoms. The number of nitrogens with zero attached hydrogens (tertiary/aromatic N) is 1. The summed E-state index contributed by atoms with van der Waals surface area (Å²) in [5.74, 6) is 0.133. The summed E-state index contributed by atoms with van der Waals surface area (Å²) in [6, 6.07) is 5.58. The number of hydrogen-bond acceptors (Lipinski definition) is 6. The fourth-order valence-corrected chi connectivity index (χ4v) is 2.65. The molecule has 0 spiro atoms. The zero-order valence-corrected chi connectivity index (χ0v) is 21.6. The number of aliphatic imine (C=N–C) groups is 1. The molecule has 0 saturated heterocycles. The zero-order chi connectivity index (χ0) is 26.1. The molecule has 0 saturated carbocycles. The van der Waals surface area contributed by atoms with E-state index in [1.807, 2.05) is 32.0 Å². The number of aryl methyl sites for hydroxylation is 2. The number of guanidine groups is 1. The summed E-state index contributed by atoms with van der Waals surface area (Å²) in [7, 11) is 0. The molecule has 0 aliphatic heterocycles. The summed E-state index contributed by atoms with van der Waals surface area (Å²) in [6.45, 7) is 15.9. The average Bonchev–Trinajstić information content (AvgIpc) is 2.62. The first-order valence-corrected chi connectivity index (χ1v) is 11.1. The summed E-state index contributed by atoms with van der Waals surface area (Å²) in [5, 5.41) is 7.75. The van der Waals surface area contributed by atoms with Crippen LogP contribution in [0.4, 0.5) is 9.59 Å². The van der Waals surface area contributed by atoms with Crippen molar-refractivity contribution in [2.45, 2.75) is 79.6 Å². The molecular weight excluding hydrogens is 440 g/mol. The molecule has 1 rings (SSSR count). The lowest BCUT2D eigenvalue weighted by Gasteiger charge is -2.21. The Labute approximate surface area is 201 Å². The van der Waals surface area contributed by atoms with Crippen LogP contribution in [0.25, 0.3) is 0 Å². The Kier molecular flexibility index (Phi) is 10.3. The third-order valence-corrected chi connectivity index (χ3v) is 3.93. The van der Waals surface area contributed by atoms with E-state index in [0.29, 0.717) is 0 Å². The monoisotopic (exact) mass is 478 g/mol. The van der Waals surface area contributed by atoms with Gasteiger partial charge in [-0.2, -0.15) is 0 Å². The predicted molar refractivity (Wildman–Crippen MR) is 130 cm³/mol. The van der Waals surface area contributed by atoms with Gasteiger partial charge in [-0.1, -0.05) is 18.2 Å². The molecule has 1 aromatic carbocycles. The van der Waals surface area contributed by atoms with Crippen LogP contribution in [0.2, 0.25) is 0 Å². The van der Waals surface area contributed by atoms with Crippen LogP contribution in [0.1, 0.15) is 59.6 Å². The van der Waals surface area contributed by atoms with Crippen LogP contribution in [0.15, 0.2) is 23.2 Å². The minimum absolute atomic E-state index is 0.259. The summed E-state index contributed by atoms with van der Waals surface area (Å²) >= 11 is 0. The van der Waals surface area contributed by atoms with E-state index in [1.165, 1.54) is 0 Å². The first-order valence-electron chi connectivity index (χ1n) is 11.1. The van der Waals surface area contributed by atoms with E-state index in [4.69, 9.17) is 14.2 Å². The molecule has 0 fully saturated rings. The van der Waals surface area contributed by atoms with Crippen molar-refractivity contribution in [3.63, 3.8) is 0 Å². The molecule has 34 heavy (non-hydrogen) atoms. The maximum atomic E-state index is 12.4. The minimum atomic E-state index is -0.929. The Bertz CT molecular complexity index is 879. The molecular formula is C24H38N4O6. The van der Waals surface area contributed by atoms with Crippen LogP contribution in [0.5, 0.6) is 5.75 Å². The van der Waals surface area contributed by atoms with Crippen molar-refractivity contribution in [3.05, 3.63) is 29.3 Å². The van der Waals surface area contributed by atoms with Gasteiger partial charge in [-0.3, -0.25) is 10.1 Å². The smallest absolute Gasteiger partial charge is 0.437 e. The van der Waals surface area contributed by atoms with Gasteiger partial charge < -0.3 is 24.8 Å². The average molecular weight is 479 g/mol. The van der Waals surface area contributed by atoms with Crippen molar-refractivity contribution < 1.29 is 28.6 Å². The molecule has 0 aliphatic rings. The van der Waals surface area contributed by atoms with Gasteiger partial charge in [0, 0.05) is 0 Å². The number of carbonyl (C=O) groups excluding carboxylic acids is 3. The molecule has 3 amide bonds. The lowest BCUT2D eigenvalue weighted by atomic mass is 10.1. The highest BCUT2D eigenvalue weighted by molar-refractivity contribution is 6.00. The van der Waals surface area contributed by atoms with Gasteiger partial charge in [0.25, 0.3) is 0 Å². The number of carbonyl (C=O) groups is 3. The lowest BCUT2D eigenvalue weighted by molar-refractivity contribution is -0.120. The second-order valence-corrected chi connectivity index (χ2v) is 9.92. The standard InChI is InChI=1S/C24H38N4O6/c1-15-11-10-12-16(2)19(15)32-14-17(3)26-18(29)13-25-20(27-21(30)33-23(4,5)6)28-22(31)34-24(7,8)9/h10-12,17H,13-14H2,1-9H3,(H,26,29)(H2,25,27,28,30,31). The van der Waals surface area contributed by atoms with Crippen LogP contribution < -0.4 is 20.7 Å². The number of nitrogens with one attached hydrogen (secondary N) is 3. The maximum Gasteiger partial charge on any atom is 0.437 e. The van der Waals surface area contributed by atoms with Crippen LogP contribution >= 0.6 is 0 Å². The van der Waals surface area contributed by atoms with Gasteiger partial charge in [-0.15, -0.1) is 4.99 Å². The van der Waals surface area contributed by atoms with Crippen molar-refractivity contribution >= 4 is 24.1 Å². The molecule has 0 radical (unpaired) electrons. The molecule has 1 aromatic rings. The van der Waals surface area contributed by atoms with Crippen molar-refractivity contribution in [2.24, 2.45) is 4.99 Å². The highest BCUT2D eigenvalue weighted by atomic mass is 16.6. The zero-order valence-electron chi connectivity index (χ0n) is 21.6. The van der Waals surface area contributed by atoms with Gasteiger partial charge >= 0.3 is 12.2 Å². The van der Waals surface area contributed by atoms with Crippen LogP contribution in [0.3, 0.4) is 0 Å². The number of amides is 3. The number of hydrogen-bond donors (Lipinski definition) is 3. The number of ether oxygens (including phenoxy) is 3. The first kappa shape index (κ1) is 28.7. The Morgan fingerprint density at radius 2 is 1.53 bits per heavy atom. The van der Waals surface area contributed by atoms with Crippen molar-refractivity contribution in [1.82, 2.24) is 16.0 Å². The topological polar surface area (TPSA) is 127 Å².